The van der Waals surface area contributed by atoms with Crippen LogP contribution >= 0.6 is 24.8 Å². The summed E-state index contributed by atoms with van der Waals surface area (Å²) < 4.78 is 14.6. The van der Waals surface area contributed by atoms with E-state index < -0.39 is 0 Å². The van der Waals surface area contributed by atoms with Crippen molar-refractivity contribution in [3.05, 3.63) is 71.2 Å². The van der Waals surface area contributed by atoms with Crippen molar-refractivity contribution in [3.63, 3.8) is 0 Å². The zero-order valence-corrected chi connectivity index (χ0v) is 16.8. The number of amidine groups is 1. The van der Waals surface area contributed by atoms with Crippen LogP contribution in [-0.4, -0.2) is 26.4 Å². The van der Waals surface area contributed by atoms with E-state index in [4.69, 9.17) is 16.7 Å². The summed E-state index contributed by atoms with van der Waals surface area (Å²) in [6, 6.07) is 11.6. The molecule has 1 aliphatic carbocycles. The Morgan fingerprint density at radius 1 is 1.10 bits per heavy atom. The van der Waals surface area contributed by atoms with Crippen molar-refractivity contribution >= 4 is 42.3 Å². The van der Waals surface area contributed by atoms with E-state index >= 15 is 0 Å². The van der Waals surface area contributed by atoms with E-state index in [9.17, 15) is 4.39 Å². The molecule has 4 rings (SSSR count). The average molecular weight is 437 g/mol. The molecule has 152 valence electrons. The molecule has 1 aliphatic rings. The Balaban J connectivity index is 0.00000150. The van der Waals surface area contributed by atoms with Crippen LogP contribution in [0.15, 0.2) is 58.9 Å². The molecule has 0 amide bonds. The summed E-state index contributed by atoms with van der Waals surface area (Å²) >= 11 is 0. The third-order valence-electron chi connectivity index (χ3n) is 4.57. The first kappa shape index (κ1) is 22.2. The Hall–Kier alpha value is -3.10. The molecule has 0 spiro atoms. The topological polar surface area (TPSA) is 115 Å². The monoisotopic (exact) mass is 436 g/mol. The number of anilines is 1. The van der Waals surface area contributed by atoms with Crippen LogP contribution in [0.1, 0.15) is 23.1 Å². The fourth-order valence-corrected chi connectivity index (χ4v) is 3.26. The molecule has 2 aromatic carbocycles. The lowest BCUT2D eigenvalue weighted by molar-refractivity contribution is 0.318. The van der Waals surface area contributed by atoms with E-state index in [0.29, 0.717) is 17.7 Å². The van der Waals surface area contributed by atoms with Crippen LogP contribution in [0.2, 0.25) is 0 Å². The Morgan fingerprint density at radius 2 is 1.83 bits per heavy atom. The number of nitrogen functional groups attached to an aromatic ring is 1. The summed E-state index contributed by atoms with van der Waals surface area (Å²) in [6.45, 7) is 0. The minimum atomic E-state index is -0.310. The Labute approximate surface area is 178 Å². The van der Waals surface area contributed by atoms with Gasteiger partial charge < -0.3 is 16.7 Å². The van der Waals surface area contributed by atoms with Crippen LogP contribution in [0.4, 0.5) is 10.3 Å². The van der Waals surface area contributed by atoms with Gasteiger partial charge in [-0.05, 0) is 42.7 Å². The molecule has 0 radical (unpaired) electrons. The number of rotatable bonds is 3. The van der Waals surface area contributed by atoms with Gasteiger partial charge in [0.25, 0.3) is 0 Å². The van der Waals surface area contributed by atoms with E-state index in [2.05, 4.69) is 15.2 Å². The predicted octanol–water partition coefficient (Wildman–Crippen LogP) is 3.41. The summed E-state index contributed by atoms with van der Waals surface area (Å²) in [5, 5.41) is 16.7. The lowest BCUT2D eigenvalue weighted by atomic mass is 10.0. The number of imidazole rings is 1. The molecule has 0 saturated heterocycles. The van der Waals surface area contributed by atoms with E-state index in [0.717, 1.165) is 28.8 Å². The molecule has 0 saturated carbocycles. The van der Waals surface area contributed by atoms with Gasteiger partial charge in [0.05, 0.1) is 17.6 Å². The van der Waals surface area contributed by atoms with E-state index in [-0.39, 0.29) is 42.4 Å². The Kier molecular flexibility index (Phi) is 6.84. The van der Waals surface area contributed by atoms with E-state index in [1.807, 2.05) is 18.2 Å². The molecule has 1 aromatic heterocycles. The van der Waals surface area contributed by atoms with Crippen LogP contribution in [0.25, 0.3) is 11.3 Å². The molecule has 0 unspecified atom stereocenters. The predicted molar refractivity (Wildman–Crippen MR) is 116 cm³/mol. The van der Waals surface area contributed by atoms with Gasteiger partial charge in [-0.15, -0.1) is 24.8 Å². The number of aromatic nitrogens is 2. The number of nitrogens with two attached hydrogens (primary N) is 2. The molecule has 0 bridgehead atoms. The number of benzene rings is 2. The first-order valence-electron chi connectivity index (χ1n) is 8.35. The smallest absolute Gasteiger partial charge is 0.221 e. The highest BCUT2D eigenvalue weighted by Crippen LogP contribution is 2.27. The summed E-state index contributed by atoms with van der Waals surface area (Å²) in [4.78, 5) is 4.31. The zero-order chi connectivity index (χ0) is 19.0. The summed E-state index contributed by atoms with van der Waals surface area (Å²) in [5.74, 6) is 0.00663. The molecule has 29 heavy (non-hydrogen) atoms. The molecule has 1 heterocycles. The van der Waals surface area contributed by atoms with Gasteiger partial charge in [0.15, 0.2) is 5.84 Å². The fraction of sp³-hybridized carbons (Fsp3) is 0.105. The van der Waals surface area contributed by atoms with Crippen LogP contribution < -0.4 is 11.5 Å². The Morgan fingerprint density at radius 3 is 2.52 bits per heavy atom. The van der Waals surface area contributed by atoms with Crippen molar-refractivity contribution in [2.45, 2.75) is 12.8 Å². The number of hydrogen-bond acceptors (Lipinski definition) is 5. The molecule has 5 N–H and O–H groups in total. The summed E-state index contributed by atoms with van der Waals surface area (Å²) in [5.41, 5.74) is 16.6. The largest absolute Gasteiger partial charge is 0.409 e. The van der Waals surface area contributed by atoms with Crippen molar-refractivity contribution in [1.82, 2.24) is 9.66 Å². The van der Waals surface area contributed by atoms with Crippen molar-refractivity contribution in [2.24, 2.45) is 16.0 Å². The molecular formula is C19H19Cl2FN6O. The van der Waals surface area contributed by atoms with Crippen LogP contribution in [0, 0.1) is 5.82 Å². The third kappa shape index (κ3) is 4.18. The number of hydrogen-bond donors (Lipinski definition) is 3. The number of fused-ring (bicyclic) bond motifs is 1. The SMILES string of the molecule is Cl.Cl.NC(=NO)c1cccc2c1CCC2=Nn1cc(-c2ccc(F)cc2)nc1N. The molecule has 7 nitrogen and oxygen atoms in total. The maximum absolute atomic E-state index is 13.1. The van der Waals surface area contributed by atoms with Gasteiger partial charge in [-0.1, -0.05) is 23.4 Å². The van der Waals surface area contributed by atoms with Gasteiger partial charge in [-0.2, -0.15) is 5.10 Å². The number of halogens is 3. The van der Waals surface area contributed by atoms with Gasteiger partial charge in [0.2, 0.25) is 5.95 Å². The fourth-order valence-electron chi connectivity index (χ4n) is 3.26. The molecule has 0 fully saturated rings. The van der Waals surface area contributed by atoms with Gasteiger partial charge in [-0.25, -0.2) is 14.1 Å². The second-order valence-electron chi connectivity index (χ2n) is 6.20. The molecule has 3 aromatic rings. The van der Waals surface area contributed by atoms with Crippen molar-refractivity contribution in [2.75, 3.05) is 5.73 Å². The van der Waals surface area contributed by atoms with Gasteiger partial charge >= 0.3 is 0 Å². The minimum absolute atomic E-state index is 0. The maximum atomic E-state index is 13.1. The number of oxime groups is 1. The third-order valence-corrected chi connectivity index (χ3v) is 4.57. The molecule has 0 aliphatic heterocycles. The highest BCUT2D eigenvalue weighted by atomic mass is 35.5. The first-order valence-corrected chi connectivity index (χ1v) is 8.35. The lowest BCUT2D eigenvalue weighted by Crippen LogP contribution is -2.15. The minimum Gasteiger partial charge on any atom is -0.409 e. The standard InChI is InChI=1S/C19H17FN6O.2ClH/c20-12-6-4-11(5-7-12)17-10-26(19(22)23-17)24-16-9-8-13-14(16)2-1-3-15(13)18(21)25-27;;/h1-7,10,27H,8-9H2,(H2,21,25)(H2,22,23);2*1H. The summed E-state index contributed by atoms with van der Waals surface area (Å²) in [7, 11) is 0. The lowest BCUT2D eigenvalue weighted by Gasteiger charge is -2.06. The van der Waals surface area contributed by atoms with Crippen molar-refractivity contribution in [1.29, 1.82) is 0 Å². The summed E-state index contributed by atoms with van der Waals surface area (Å²) in [6.07, 6.45) is 3.15. The van der Waals surface area contributed by atoms with Gasteiger partial charge in [-0.3, -0.25) is 0 Å². The molecular weight excluding hydrogens is 418 g/mol. The van der Waals surface area contributed by atoms with Crippen LogP contribution in [0.5, 0.6) is 0 Å². The van der Waals surface area contributed by atoms with Crippen LogP contribution in [-0.2, 0) is 6.42 Å². The first-order chi connectivity index (χ1) is 13.1. The number of nitrogens with zero attached hydrogens (tertiary/aromatic N) is 4. The van der Waals surface area contributed by atoms with E-state index in [1.54, 1.807) is 18.3 Å². The zero-order valence-electron chi connectivity index (χ0n) is 15.1. The maximum Gasteiger partial charge on any atom is 0.221 e. The normalized spacial score (nSPS) is 14.2. The quantitative estimate of drug-likeness (QED) is 0.252. The highest BCUT2D eigenvalue weighted by molar-refractivity contribution is 6.09. The average Bonchev–Trinajstić information content (AvgIpc) is 3.26. The highest BCUT2D eigenvalue weighted by Gasteiger charge is 2.22. The van der Waals surface area contributed by atoms with E-state index in [1.165, 1.54) is 16.8 Å². The molecule has 0 atom stereocenters. The van der Waals surface area contributed by atoms with Crippen LogP contribution in [0.3, 0.4) is 0 Å². The molecule has 10 heteroatoms. The second kappa shape index (κ2) is 8.93. The van der Waals surface area contributed by atoms with Gasteiger partial charge in [0, 0.05) is 16.7 Å². The second-order valence-corrected chi connectivity index (χ2v) is 6.20. The van der Waals surface area contributed by atoms with Crippen molar-refractivity contribution < 1.29 is 9.60 Å². The van der Waals surface area contributed by atoms with Gasteiger partial charge in [0.1, 0.15) is 5.82 Å². The Bertz CT molecular complexity index is 1080. The van der Waals surface area contributed by atoms with Crippen molar-refractivity contribution in [3.8, 4) is 11.3 Å².